The molecule has 0 spiro atoms. The average molecular weight is 401 g/mol. The third-order valence-electron chi connectivity index (χ3n) is 6.41. The molecule has 1 heterocycles. The second-order valence-corrected chi connectivity index (χ2v) is 7.89. The molecule has 3 atom stereocenters. The molecule has 0 bridgehead atoms. The van der Waals surface area contributed by atoms with E-state index in [2.05, 4.69) is 35.6 Å². The van der Waals surface area contributed by atoms with Gasteiger partial charge in [0, 0.05) is 11.6 Å². The Hall–Kier alpha value is -3.47. The number of carboxylic acids is 1. The molecule has 152 valence electrons. The predicted molar refractivity (Wildman–Crippen MR) is 115 cm³/mol. The number of rotatable bonds is 4. The number of nitrogens with one attached hydrogen (secondary N) is 1. The summed E-state index contributed by atoms with van der Waals surface area (Å²) in [6, 6.07) is 20.0. The van der Waals surface area contributed by atoms with Crippen molar-refractivity contribution in [2.24, 2.45) is 5.92 Å². The molecule has 0 fully saturated rings. The van der Waals surface area contributed by atoms with Gasteiger partial charge in [0.1, 0.15) is 0 Å². The minimum Gasteiger partial charge on any atom is -0.493 e. The molecular weight excluding hydrogens is 378 g/mol. The van der Waals surface area contributed by atoms with Crippen molar-refractivity contribution < 1.29 is 19.4 Å². The summed E-state index contributed by atoms with van der Waals surface area (Å²) in [6.07, 6.45) is 0.934. The van der Waals surface area contributed by atoms with Crippen LogP contribution in [0.5, 0.6) is 11.5 Å². The van der Waals surface area contributed by atoms with Crippen LogP contribution < -0.4 is 14.8 Å². The molecule has 0 aromatic heterocycles. The zero-order chi connectivity index (χ0) is 20.8. The lowest BCUT2D eigenvalue weighted by Gasteiger charge is -2.38. The smallest absolute Gasteiger partial charge is 0.335 e. The Kier molecular flexibility index (Phi) is 4.39. The number of benzene rings is 3. The summed E-state index contributed by atoms with van der Waals surface area (Å²) in [6.45, 7) is 0. The van der Waals surface area contributed by atoms with E-state index in [9.17, 15) is 9.90 Å². The molecule has 1 aliphatic heterocycles. The van der Waals surface area contributed by atoms with Gasteiger partial charge < -0.3 is 19.9 Å². The van der Waals surface area contributed by atoms with Gasteiger partial charge in [-0.15, -0.1) is 0 Å². The van der Waals surface area contributed by atoms with Crippen molar-refractivity contribution in [3.05, 3.63) is 88.5 Å². The number of carbonyl (C=O) groups is 1. The number of methoxy groups -OCH3 is 2. The lowest BCUT2D eigenvalue weighted by Crippen LogP contribution is -2.30. The highest BCUT2D eigenvalue weighted by atomic mass is 16.5. The molecule has 0 amide bonds. The first-order valence-electron chi connectivity index (χ1n) is 10.0. The van der Waals surface area contributed by atoms with Gasteiger partial charge in [-0.2, -0.15) is 0 Å². The Bertz CT molecular complexity index is 1140. The zero-order valence-corrected chi connectivity index (χ0v) is 16.9. The van der Waals surface area contributed by atoms with Crippen LogP contribution >= 0.6 is 0 Å². The van der Waals surface area contributed by atoms with Crippen LogP contribution in [-0.2, 0) is 6.42 Å². The number of ether oxygens (including phenoxy) is 2. The van der Waals surface area contributed by atoms with Crippen LogP contribution in [0.1, 0.15) is 44.6 Å². The van der Waals surface area contributed by atoms with Gasteiger partial charge in [-0.05, 0) is 64.9 Å². The van der Waals surface area contributed by atoms with Crippen molar-refractivity contribution in [2.45, 2.75) is 18.4 Å². The number of fused-ring (bicyclic) bond motifs is 5. The molecule has 0 radical (unpaired) electrons. The van der Waals surface area contributed by atoms with Crippen molar-refractivity contribution >= 4 is 11.7 Å². The van der Waals surface area contributed by atoms with Crippen LogP contribution in [-0.4, -0.2) is 25.3 Å². The predicted octanol–water partition coefficient (Wildman–Crippen LogP) is 4.87. The van der Waals surface area contributed by atoms with E-state index in [0.717, 1.165) is 23.2 Å². The molecule has 2 aliphatic rings. The van der Waals surface area contributed by atoms with Gasteiger partial charge in [-0.3, -0.25) is 0 Å². The van der Waals surface area contributed by atoms with E-state index in [1.807, 2.05) is 24.3 Å². The third-order valence-corrected chi connectivity index (χ3v) is 6.41. The zero-order valence-electron chi connectivity index (χ0n) is 16.9. The fourth-order valence-corrected chi connectivity index (χ4v) is 5.07. The molecular formula is C25H23NO4. The van der Waals surface area contributed by atoms with Crippen molar-refractivity contribution in [3.63, 3.8) is 0 Å². The number of carboxylic acid groups (broad SMARTS) is 1. The summed E-state index contributed by atoms with van der Waals surface area (Å²) in [5, 5.41) is 13.2. The highest BCUT2D eigenvalue weighted by molar-refractivity contribution is 5.89. The summed E-state index contributed by atoms with van der Waals surface area (Å²) in [5.41, 5.74) is 6.11. The second-order valence-electron chi connectivity index (χ2n) is 7.89. The monoisotopic (exact) mass is 401 g/mol. The van der Waals surface area contributed by atoms with Crippen LogP contribution in [0.3, 0.4) is 0 Å². The van der Waals surface area contributed by atoms with Crippen molar-refractivity contribution in [3.8, 4) is 11.5 Å². The van der Waals surface area contributed by atoms with Gasteiger partial charge in [-0.25, -0.2) is 4.79 Å². The fraction of sp³-hybridized carbons (Fsp3) is 0.240. The SMILES string of the molecule is COc1ccc([C@@H]2Nc3ccc(C(=O)O)cc3[C@H]3c4ccccc4C[C@@H]32)cc1OC. The molecule has 3 aromatic rings. The highest BCUT2D eigenvalue weighted by Crippen LogP contribution is 2.54. The van der Waals surface area contributed by atoms with Gasteiger partial charge >= 0.3 is 5.97 Å². The Morgan fingerprint density at radius 1 is 0.967 bits per heavy atom. The average Bonchev–Trinajstić information content (AvgIpc) is 3.17. The Morgan fingerprint density at radius 3 is 2.53 bits per heavy atom. The topological polar surface area (TPSA) is 67.8 Å². The first kappa shape index (κ1) is 18.6. The molecule has 1 aliphatic carbocycles. The molecule has 30 heavy (non-hydrogen) atoms. The molecule has 5 rings (SSSR count). The van der Waals surface area contributed by atoms with Gasteiger partial charge in [0.25, 0.3) is 0 Å². The maximum absolute atomic E-state index is 11.6. The normalized spacial score (nSPS) is 21.1. The van der Waals surface area contributed by atoms with Crippen LogP contribution in [0.15, 0.2) is 60.7 Å². The standard InChI is InChI=1S/C25H23NO4/c1-29-21-10-8-15(13-22(21)30-2)24-19-11-14-5-3-4-6-17(14)23(19)18-12-16(25(27)28)7-9-20(18)26-24/h3-10,12-13,19,23-24,26H,11H2,1-2H3,(H,27,28)/t19-,23+,24-/m0/s1. The third kappa shape index (κ3) is 2.81. The summed E-state index contributed by atoms with van der Waals surface area (Å²) in [4.78, 5) is 11.6. The summed E-state index contributed by atoms with van der Waals surface area (Å²) in [5.74, 6) is 0.931. The molecule has 3 aromatic carbocycles. The number of hydrogen-bond donors (Lipinski definition) is 2. The van der Waals surface area contributed by atoms with Crippen LogP contribution in [0.2, 0.25) is 0 Å². The van der Waals surface area contributed by atoms with Crippen LogP contribution in [0.4, 0.5) is 5.69 Å². The van der Waals surface area contributed by atoms with Crippen LogP contribution in [0.25, 0.3) is 0 Å². The summed E-state index contributed by atoms with van der Waals surface area (Å²) >= 11 is 0. The van der Waals surface area contributed by atoms with E-state index in [1.54, 1.807) is 20.3 Å². The van der Waals surface area contributed by atoms with E-state index in [-0.39, 0.29) is 17.9 Å². The fourth-order valence-electron chi connectivity index (χ4n) is 5.07. The highest BCUT2D eigenvalue weighted by Gasteiger charge is 2.43. The lowest BCUT2D eigenvalue weighted by molar-refractivity contribution is 0.0696. The Morgan fingerprint density at radius 2 is 1.77 bits per heavy atom. The van der Waals surface area contributed by atoms with E-state index >= 15 is 0 Å². The first-order valence-corrected chi connectivity index (χ1v) is 10.0. The van der Waals surface area contributed by atoms with E-state index in [1.165, 1.54) is 11.1 Å². The number of hydrogen-bond acceptors (Lipinski definition) is 4. The van der Waals surface area contributed by atoms with Crippen LogP contribution in [0, 0.1) is 5.92 Å². The van der Waals surface area contributed by atoms with Gasteiger partial charge in [0.2, 0.25) is 0 Å². The minimum absolute atomic E-state index is 0.0744. The van der Waals surface area contributed by atoms with Gasteiger partial charge in [0.05, 0.1) is 25.8 Å². The summed E-state index contributed by atoms with van der Waals surface area (Å²) < 4.78 is 10.9. The number of aromatic carboxylic acids is 1. The van der Waals surface area contributed by atoms with E-state index < -0.39 is 5.97 Å². The minimum atomic E-state index is -0.900. The van der Waals surface area contributed by atoms with Crippen molar-refractivity contribution in [1.82, 2.24) is 0 Å². The maximum atomic E-state index is 11.6. The molecule has 5 heteroatoms. The maximum Gasteiger partial charge on any atom is 0.335 e. The van der Waals surface area contributed by atoms with Gasteiger partial charge in [0.15, 0.2) is 11.5 Å². The van der Waals surface area contributed by atoms with Gasteiger partial charge in [-0.1, -0.05) is 30.3 Å². The van der Waals surface area contributed by atoms with Crippen molar-refractivity contribution in [1.29, 1.82) is 0 Å². The Balaban J connectivity index is 1.65. The summed E-state index contributed by atoms with van der Waals surface area (Å²) in [7, 11) is 3.28. The quantitative estimate of drug-likeness (QED) is 0.653. The molecule has 0 unspecified atom stereocenters. The second kappa shape index (κ2) is 7.10. The first-order chi connectivity index (χ1) is 14.6. The number of anilines is 1. The Labute approximate surface area is 175 Å². The van der Waals surface area contributed by atoms with Crippen molar-refractivity contribution in [2.75, 3.05) is 19.5 Å². The molecule has 5 nitrogen and oxygen atoms in total. The molecule has 2 N–H and O–H groups in total. The lowest BCUT2D eigenvalue weighted by atomic mass is 9.75. The molecule has 0 saturated heterocycles. The van der Waals surface area contributed by atoms with E-state index in [4.69, 9.17) is 9.47 Å². The largest absolute Gasteiger partial charge is 0.493 e. The molecule has 0 saturated carbocycles. The van der Waals surface area contributed by atoms with E-state index in [0.29, 0.717) is 17.1 Å².